The van der Waals surface area contributed by atoms with Crippen LogP contribution in [0.25, 0.3) is 11.0 Å². The van der Waals surface area contributed by atoms with Crippen molar-refractivity contribution in [1.82, 2.24) is 9.97 Å². The van der Waals surface area contributed by atoms with E-state index in [0.29, 0.717) is 6.01 Å². The van der Waals surface area contributed by atoms with E-state index in [1.807, 2.05) is 18.5 Å². The summed E-state index contributed by atoms with van der Waals surface area (Å²) in [5.41, 5.74) is 0.834. The van der Waals surface area contributed by atoms with Gasteiger partial charge in [0, 0.05) is 11.2 Å². The van der Waals surface area contributed by atoms with E-state index in [1.165, 1.54) is 0 Å². The van der Waals surface area contributed by atoms with E-state index < -0.39 is 0 Å². The van der Waals surface area contributed by atoms with Gasteiger partial charge in [-0.05, 0) is 6.07 Å². The molecule has 0 atom stereocenters. The Morgan fingerprint density at radius 2 is 2.55 bits per heavy atom. The number of methoxy groups -OCH3 is 1. The Hall–Kier alpha value is -1.58. The maximum absolute atomic E-state index is 4.90. The molecule has 0 aliphatic heterocycles. The molecule has 0 unspecified atom stereocenters. The fourth-order valence-corrected chi connectivity index (χ4v) is 0.964. The monoisotopic (exact) mass is 150 g/mol. The number of nitrogens with one attached hydrogen (secondary N) is 2. The molecular weight excluding hydrogens is 142 g/mol. The number of rotatable bonds is 1. The summed E-state index contributed by atoms with van der Waals surface area (Å²) in [7, 11) is 1.58. The molecular formula is C7H8N3O+. The average Bonchev–Trinajstić information content (AvgIpc) is 2.50. The molecule has 0 spiro atoms. The van der Waals surface area contributed by atoms with Gasteiger partial charge >= 0.3 is 6.01 Å². The Morgan fingerprint density at radius 1 is 1.64 bits per heavy atom. The number of aromatic amines is 2. The highest BCUT2D eigenvalue weighted by atomic mass is 16.5. The lowest BCUT2D eigenvalue weighted by Crippen LogP contribution is -2.08. The first-order valence-electron chi connectivity index (χ1n) is 3.30. The summed E-state index contributed by atoms with van der Waals surface area (Å²) in [6, 6.07) is 2.46. The van der Waals surface area contributed by atoms with Gasteiger partial charge in [0.1, 0.15) is 6.20 Å². The molecule has 0 aliphatic rings. The molecule has 0 radical (unpaired) electrons. The van der Waals surface area contributed by atoms with Crippen LogP contribution in [0.15, 0.2) is 18.5 Å². The molecule has 11 heavy (non-hydrogen) atoms. The van der Waals surface area contributed by atoms with E-state index in [9.17, 15) is 0 Å². The second kappa shape index (κ2) is 2.23. The Labute approximate surface area is 63.2 Å². The van der Waals surface area contributed by atoms with E-state index in [2.05, 4.69) is 15.0 Å². The fourth-order valence-electron chi connectivity index (χ4n) is 0.964. The Morgan fingerprint density at radius 3 is 3.36 bits per heavy atom. The topological polar surface area (TPSA) is 52.0 Å². The summed E-state index contributed by atoms with van der Waals surface area (Å²) in [6.07, 6.45) is 3.68. The van der Waals surface area contributed by atoms with Crippen molar-refractivity contribution in [2.24, 2.45) is 0 Å². The van der Waals surface area contributed by atoms with Gasteiger partial charge in [-0.3, -0.25) is 0 Å². The minimum absolute atomic E-state index is 0.514. The van der Waals surface area contributed by atoms with Crippen LogP contribution in [0.4, 0.5) is 0 Å². The fraction of sp³-hybridized carbons (Fsp3) is 0.143. The van der Waals surface area contributed by atoms with Crippen molar-refractivity contribution in [2.75, 3.05) is 7.11 Å². The number of hydrogen-bond acceptors (Lipinski definition) is 2. The molecule has 2 heterocycles. The minimum Gasteiger partial charge on any atom is -0.432 e. The number of hydrogen-bond donors (Lipinski definition) is 1. The third-order valence-corrected chi connectivity index (χ3v) is 1.51. The number of H-pyrrole nitrogens is 2. The highest BCUT2D eigenvalue weighted by Crippen LogP contribution is 2.07. The third kappa shape index (κ3) is 0.920. The van der Waals surface area contributed by atoms with Gasteiger partial charge in [-0.25, -0.2) is 4.98 Å². The number of ether oxygens (including phenoxy) is 1. The van der Waals surface area contributed by atoms with Crippen molar-refractivity contribution in [3.8, 4) is 6.01 Å². The molecule has 0 bridgehead atoms. The van der Waals surface area contributed by atoms with Gasteiger partial charge in [0.2, 0.25) is 0 Å². The highest BCUT2D eigenvalue weighted by molar-refractivity contribution is 5.73. The third-order valence-electron chi connectivity index (χ3n) is 1.51. The predicted molar refractivity (Wildman–Crippen MR) is 39.2 cm³/mol. The second-order valence-corrected chi connectivity index (χ2v) is 2.19. The Bertz CT molecular complexity index is 368. The molecule has 0 saturated carbocycles. The van der Waals surface area contributed by atoms with Crippen molar-refractivity contribution in [3.05, 3.63) is 18.5 Å². The summed E-state index contributed by atoms with van der Waals surface area (Å²) in [4.78, 5) is 10.00. The number of fused-ring (bicyclic) bond motifs is 1. The van der Waals surface area contributed by atoms with Crippen LogP contribution in [-0.2, 0) is 0 Å². The van der Waals surface area contributed by atoms with Gasteiger partial charge in [-0.1, -0.05) is 0 Å². The second-order valence-electron chi connectivity index (χ2n) is 2.19. The zero-order chi connectivity index (χ0) is 7.68. The highest BCUT2D eigenvalue weighted by Gasteiger charge is 2.07. The van der Waals surface area contributed by atoms with Crippen molar-refractivity contribution in [3.63, 3.8) is 0 Å². The van der Waals surface area contributed by atoms with Gasteiger partial charge < -0.3 is 9.72 Å². The van der Waals surface area contributed by atoms with Crippen molar-refractivity contribution in [2.45, 2.75) is 0 Å². The van der Waals surface area contributed by atoms with Crippen LogP contribution in [0.2, 0.25) is 0 Å². The number of nitrogens with zero attached hydrogens (tertiary/aromatic N) is 1. The molecule has 56 valence electrons. The molecule has 0 saturated heterocycles. The van der Waals surface area contributed by atoms with Gasteiger partial charge in [0.05, 0.1) is 12.5 Å². The standard InChI is InChI=1S/C7H7N3O/c1-11-7-9-4-5-2-3-8-6(5)10-7/h2-4H,1H3,(H,8,9,10)/p+1. The van der Waals surface area contributed by atoms with E-state index in [-0.39, 0.29) is 0 Å². The molecule has 2 N–H and O–H groups in total. The molecule has 2 aromatic heterocycles. The van der Waals surface area contributed by atoms with E-state index in [4.69, 9.17) is 4.74 Å². The maximum atomic E-state index is 4.90. The van der Waals surface area contributed by atoms with Crippen molar-refractivity contribution >= 4 is 11.0 Å². The first-order chi connectivity index (χ1) is 5.40. The smallest absolute Gasteiger partial charge is 0.432 e. The van der Waals surface area contributed by atoms with Crippen LogP contribution in [0, 0.1) is 0 Å². The summed E-state index contributed by atoms with van der Waals surface area (Å²) in [5, 5.41) is 1.05. The lowest BCUT2D eigenvalue weighted by molar-refractivity contribution is -0.395. The van der Waals surface area contributed by atoms with Crippen molar-refractivity contribution < 1.29 is 9.72 Å². The maximum Gasteiger partial charge on any atom is 0.497 e. The first kappa shape index (κ1) is 6.15. The van der Waals surface area contributed by atoms with E-state index >= 15 is 0 Å². The lowest BCUT2D eigenvalue weighted by Gasteiger charge is -1.86. The Balaban J connectivity index is 2.67. The summed E-state index contributed by atoms with van der Waals surface area (Å²) in [5.74, 6) is 0. The molecule has 0 fully saturated rings. The summed E-state index contributed by atoms with van der Waals surface area (Å²) in [6.45, 7) is 0. The van der Waals surface area contributed by atoms with Crippen LogP contribution in [0.3, 0.4) is 0 Å². The molecule has 0 aliphatic carbocycles. The molecule has 0 aromatic carbocycles. The van der Waals surface area contributed by atoms with Gasteiger partial charge in [-0.15, -0.1) is 0 Å². The summed E-state index contributed by atoms with van der Waals surface area (Å²) >= 11 is 0. The zero-order valence-corrected chi connectivity index (χ0v) is 6.09. The molecule has 2 rings (SSSR count). The molecule has 4 heteroatoms. The Kier molecular flexibility index (Phi) is 1.25. The van der Waals surface area contributed by atoms with E-state index in [1.54, 1.807) is 7.11 Å². The number of aromatic nitrogens is 3. The molecule has 4 nitrogen and oxygen atoms in total. The van der Waals surface area contributed by atoms with Crippen molar-refractivity contribution in [1.29, 1.82) is 0 Å². The van der Waals surface area contributed by atoms with Crippen LogP contribution >= 0.6 is 0 Å². The molecule has 0 amide bonds. The van der Waals surface area contributed by atoms with Crippen LogP contribution < -0.4 is 9.72 Å². The van der Waals surface area contributed by atoms with Crippen LogP contribution in [0.1, 0.15) is 0 Å². The average molecular weight is 150 g/mol. The first-order valence-corrected chi connectivity index (χ1v) is 3.30. The van der Waals surface area contributed by atoms with Crippen LogP contribution in [0.5, 0.6) is 6.01 Å². The van der Waals surface area contributed by atoms with Gasteiger partial charge in [0.25, 0.3) is 5.65 Å². The van der Waals surface area contributed by atoms with Gasteiger partial charge in [-0.2, -0.15) is 0 Å². The predicted octanol–water partition coefficient (Wildman–Crippen LogP) is 0.386. The minimum atomic E-state index is 0.514. The van der Waals surface area contributed by atoms with Gasteiger partial charge in [0.15, 0.2) is 0 Å². The SMILES string of the molecule is COc1nc2[nH]ccc2c[nH+]1. The quantitative estimate of drug-likeness (QED) is 0.639. The normalized spacial score (nSPS) is 10.3. The largest absolute Gasteiger partial charge is 0.497 e. The molecule has 2 aromatic rings. The lowest BCUT2D eigenvalue weighted by atomic mass is 10.4. The van der Waals surface area contributed by atoms with Crippen LogP contribution in [-0.4, -0.2) is 17.1 Å². The zero-order valence-electron chi connectivity index (χ0n) is 6.09. The van der Waals surface area contributed by atoms with E-state index in [0.717, 1.165) is 11.0 Å². The summed E-state index contributed by atoms with van der Waals surface area (Å²) < 4.78 is 4.90.